The lowest BCUT2D eigenvalue weighted by Gasteiger charge is -2.13. The van der Waals surface area contributed by atoms with Gasteiger partial charge in [-0.25, -0.2) is 0 Å². The Balaban J connectivity index is 1.33. The SMILES string of the molecule is N=C(N)c1ccc(OCCCCCOc2ccccc2OCc2ccccc2)cc1. The second-order valence-electron chi connectivity index (χ2n) is 6.92. The highest BCUT2D eigenvalue weighted by atomic mass is 16.5. The van der Waals surface area contributed by atoms with Crippen LogP contribution in [0.1, 0.15) is 30.4 Å². The number of nitrogens with two attached hydrogens (primary N) is 1. The van der Waals surface area contributed by atoms with Crippen molar-refractivity contribution in [1.82, 2.24) is 0 Å². The number of nitrogen functional groups attached to an aromatic ring is 1. The van der Waals surface area contributed by atoms with Gasteiger partial charge in [0.2, 0.25) is 0 Å². The maximum Gasteiger partial charge on any atom is 0.161 e. The number of benzene rings is 3. The Kier molecular flexibility index (Phi) is 8.15. The standard InChI is InChI=1S/C25H28N2O3/c26-25(27)21-13-15-22(16-14-21)28-17-7-2-8-18-29-23-11-5-6-12-24(23)30-19-20-9-3-1-4-10-20/h1,3-6,9-16H,2,7-8,17-19H2,(H3,26,27). The van der Waals surface area contributed by atoms with Crippen LogP contribution in [0.15, 0.2) is 78.9 Å². The van der Waals surface area contributed by atoms with Crippen molar-refractivity contribution in [2.75, 3.05) is 13.2 Å². The molecule has 0 bridgehead atoms. The lowest BCUT2D eigenvalue weighted by molar-refractivity contribution is 0.252. The van der Waals surface area contributed by atoms with Gasteiger partial charge in [-0.2, -0.15) is 0 Å². The normalized spacial score (nSPS) is 10.4. The van der Waals surface area contributed by atoms with E-state index in [4.69, 9.17) is 25.4 Å². The second-order valence-corrected chi connectivity index (χ2v) is 6.92. The highest BCUT2D eigenvalue weighted by Crippen LogP contribution is 2.27. The van der Waals surface area contributed by atoms with Crippen LogP contribution in [0.25, 0.3) is 0 Å². The Labute approximate surface area is 177 Å². The molecule has 3 N–H and O–H groups in total. The summed E-state index contributed by atoms with van der Waals surface area (Å²) in [5.41, 5.74) is 7.28. The molecule has 3 aromatic carbocycles. The molecule has 30 heavy (non-hydrogen) atoms. The number of hydrogen-bond donors (Lipinski definition) is 2. The smallest absolute Gasteiger partial charge is 0.161 e. The number of para-hydroxylation sites is 2. The van der Waals surface area contributed by atoms with Crippen molar-refractivity contribution < 1.29 is 14.2 Å². The topological polar surface area (TPSA) is 77.6 Å². The molecule has 3 rings (SSSR count). The third-order valence-electron chi connectivity index (χ3n) is 4.57. The summed E-state index contributed by atoms with van der Waals surface area (Å²) in [5, 5.41) is 7.39. The Morgan fingerprint density at radius 3 is 1.93 bits per heavy atom. The molecule has 0 fully saturated rings. The molecule has 156 valence electrons. The molecule has 0 radical (unpaired) electrons. The van der Waals surface area contributed by atoms with E-state index in [1.807, 2.05) is 66.7 Å². The minimum Gasteiger partial charge on any atom is -0.494 e. The summed E-state index contributed by atoms with van der Waals surface area (Å²) in [5.74, 6) is 2.39. The maximum atomic E-state index is 7.39. The first kappa shape index (κ1) is 21.2. The number of ether oxygens (including phenoxy) is 3. The van der Waals surface area contributed by atoms with E-state index in [2.05, 4.69) is 0 Å². The zero-order valence-electron chi connectivity index (χ0n) is 17.1. The van der Waals surface area contributed by atoms with E-state index in [0.717, 1.165) is 42.1 Å². The molecule has 3 aromatic rings. The van der Waals surface area contributed by atoms with E-state index in [9.17, 15) is 0 Å². The number of hydrogen-bond acceptors (Lipinski definition) is 4. The molecule has 0 heterocycles. The molecular formula is C25H28N2O3. The summed E-state index contributed by atoms with van der Waals surface area (Å²) < 4.78 is 17.6. The monoisotopic (exact) mass is 404 g/mol. The van der Waals surface area contributed by atoms with Crippen LogP contribution in [0.3, 0.4) is 0 Å². The van der Waals surface area contributed by atoms with Gasteiger partial charge in [0, 0.05) is 5.56 Å². The van der Waals surface area contributed by atoms with Gasteiger partial charge in [0.05, 0.1) is 13.2 Å². The van der Waals surface area contributed by atoms with Gasteiger partial charge in [-0.3, -0.25) is 5.41 Å². The summed E-state index contributed by atoms with van der Waals surface area (Å²) in [6, 6.07) is 25.1. The molecule has 0 aliphatic heterocycles. The molecule has 0 saturated carbocycles. The fourth-order valence-electron chi connectivity index (χ4n) is 2.91. The molecule has 0 aliphatic rings. The van der Waals surface area contributed by atoms with Gasteiger partial charge in [0.15, 0.2) is 11.5 Å². The van der Waals surface area contributed by atoms with Crippen molar-refractivity contribution in [2.24, 2.45) is 5.73 Å². The molecule has 0 aromatic heterocycles. The highest BCUT2D eigenvalue weighted by Gasteiger charge is 2.05. The third kappa shape index (κ3) is 6.85. The van der Waals surface area contributed by atoms with Gasteiger partial charge >= 0.3 is 0 Å². The van der Waals surface area contributed by atoms with E-state index in [1.54, 1.807) is 12.1 Å². The van der Waals surface area contributed by atoms with Crippen LogP contribution in [-0.4, -0.2) is 19.0 Å². The second kappa shape index (κ2) is 11.5. The van der Waals surface area contributed by atoms with Crippen LogP contribution < -0.4 is 19.9 Å². The average molecular weight is 405 g/mol. The van der Waals surface area contributed by atoms with E-state index in [-0.39, 0.29) is 5.84 Å². The quantitative estimate of drug-likeness (QED) is 0.248. The van der Waals surface area contributed by atoms with Crippen LogP contribution in [0.5, 0.6) is 17.2 Å². The summed E-state index contributed by atoms with van der Waals surface area (Å²) in [4.78, 5) is 0. The van der Waals surface area contributed by atoms with Crippen LogP contribution >= 0.6 is 0 Å². The lowest BCUT2D eigenvalue weighted by atomic mass is 10.2. The Bertz CT molecular complexity index is 911. The highest BCUT2D eigenvalue weighted by molar-refractivity contribution is 5.94. The Morgan fingerprint density at radius 1 is 0.667 bits per heavy atom. The van der Waals surface area contributed by atoms with Crippen LogP contribution in [0.4, 0.5) is 0 Å². The summed E-state index contributed by atoms with van der Waals surface area (Å²) in [6.45, 7) is 1.81. The predicted octanol–water partition coefficient (Wildman–Crippen LogP) is 5.18. The molecule has 5 nitrogen and oxygen atoms in total. The van der Waals surface area contributed by atoms with Gasteiger partial charge in [0.1, 0.15) is 18.2 Å². The fraction of sp³-hybridized carbons (Fsp3) is 0.240. The van der Waals surface area contributed by atoms with Crippen molar-refractivity contribution in [3.63, 3.8) is 0 Å². The fourth-order valence-corrected chi connectivity index (χ4v) is 2.91. The molecular weight excluding hydrogens is 376 g/mol. The number of rotatable bonds is 12. The summed E-state index contributed by atoms with van der Waals surface area (Å²) in [7, 11) is 0. The third-order valence-corrected chi connectivity index (χ3v) is 4.57. The first-order valence-corrected chi connectivity index (χ1v) is 10.2. The van der Waals surface area contributed by atoms with E-state index in [0.29, 0.717) is 25.4 Å². The molecule has 0 amide bonds. The number of nitrogens with one attached hydrogen (secondary N) is 1. The van der Waals surface area contributed by atoms with Crippen LogP contribution in [0, 0.1) is 5.41 Å². The number of amidine groups is 1. The van der Waals surface area contributed by atoms with Gasteiger partial charge in [-0.05, 0) is 61.2 Å². The molecule has 0 saturated heterocycles. The first-order valence-electron chi connectivity index (χ1n) is 10.2. The first-order chi connectivity index (χ1) is 14.7. The molecule has 0 spiro atoms. The molecule has 0 atom stereocenters. The van der Waals surface area contributed by atoms with E-state index in [1.165, 1.54) is 0 Å². The summed E-state index contributed by atoms with van der Waals surface area (Å²) >= 11 is 0. The van der Waals surface area contributed by atoms with Gasteiger partial charge < -0.3 is 19.9 Å². The molecule has 5 heteroatoms. The van der Waals surface area contributed by atoms with Crippen molar-refractivity contribution in [3.8, 4) is 17.2 Å². The van der Waals surface area contributed by atoms with Gasteiger partial charge in [0.25, 0.3) is 0 Å². The predicted molar refractivity (Wildman–Crippen MR) is 120 cm³/mol. The molecule has 0 aliphatic carbocycles. The minimum absolute atomic E-state index is 0.0635. The van der Waals surface area contributed by atoms with Crippen molar-refractivity contribution in [1.29, 1.82) is 5.41 Å². The van der Waals surface area contributed by atoms with E-state index < -0.39 is 0 Å². The number of unbranched alkanes of at least 4 members (excludes halogenated alkanes) is 2. The Morgan fingerprint density at radius 2 is 1.27 bits per heavy atom. The van der Waals surface area contributed by atoms with Crippen LogP contribution in [0.2, 0.25) is 0 Å². The average Bonchev–Trinajstić information content (AvgIpc) is 2.78. The molecule has 0 unspecified atom stereocenters. The van der Waals surface area contributed by atoms with Crippen molar-refractivity contribution in [3.05, 3.63) is 90.0 Å². The summed E-state index contributed by atoms with van der Waals surface area (Å²) in [6.07, 6.45) is 2.90. The van der Waals surface area contributed by atoms with Crippen molar-refractivity contribution >= 4 is 5.84 Å². The van der Waals surface area contributed by atoms with Gasteiger partial charge in [-0.15, -0.1) is 0 Å². The van der Waals surface area contributed by atoms with Gasteiger partial charge in [-0.1, -0.05) is 42.5 Å². The minimum atomic E-state index is 0.0635. The zero-order chi connectivity index (χ0) is 21.0. The maximum absolute atomic E-state index is 7.39. The van der Waals surface area contributed by atoms with E-state index >= 15 is 0 Å². The largest absolute Gasteiger partial charge is 0.494 e. The Hall–Kier alpha value is -3.47. The van der Waals surface area contributed by atoms with Crippen LogP contribution in [-0.2, 0) is 6.61 Å². The van der Waals surface area contributed by atoms with Crippen molar-refractivity contribution in [2.45, 2.75) is 25.9 Å². The zero-order valence-corrected chi connectivity index (χ0v) is 17.1. The lowest BCUT2D eigenvalue weighted by Crippen LogP contribution is -2.10.